The van der Waals surface area contributed by atoms with Crippen molar-refractivity contribution in [1.29, 1.82) is 0 Å². The van der Waals surface area contributed by atoms with Crippen LogP contribution < -0.4 is 10.2 Å². The lowest BCUT2D eigenvalue weighted by molar-refractivity contribution is 0.968. The van der Waals surface area contributed by atoms with E-state index in [1.807, 2.05) is 24.4 Å². The van der Waals surface area contributed by atoms with Crippen LogP contribution in [0, 0.1) is 6.92 Å². The minimum absolute atomic E-state index is 0.598. The monoisotopic (exact) mass is 370 g/mol. The second-order valence-electron chi connectivity index (χ2n) is 5.51. The van der Waals surface area contributed by atoms with Crippen LogP contribution in [0.2, 0.25) is 0 Å². The predicted octanol–water partition coefficient (Wildman–Crippen LogP) is 4.90. The molecular weight excluding hydrogens is 352 g/mol. The van der Waals surface area contributed by atoms with Crippen LogP contribution in [0.3, 0.4) is 0 Å². The summed E-state index contributed by atoms with van der Waals surface area (Å²) in [6.07, 6.45) is 1.84. The van der Waals surface area contributed by atoms with Gasteiger partial charge < -0.3 is 10.2 Å². The van der Waals surface area contributed by atoms with Crippen molar-refractivity contribution >= 4 is 44.2 Å². The highest BCUT2D eigenvalue weighted by atomic mass is 79.9. The lowest BCUT2D eigenvalue weighted by Gasteiger charge is -2.17. The summed E-state index contributed by atoms with van der Waals surface area (Å²) in [7, 11) is 2.08. The molecule has 0 bridgehead atoms. The smallest absolute Gasteiger partial charge is 0.227 e. The van der Waals surface area contributed by atoms with E-state index < -0.39 is 0 Å². The molecule has 0 aliphatic rings. The third kappa shape index (κ3) is 3.29. The molecule has 118 valence electrons. The first kappa shape index (κ1) is 15.7. The molecule has 4 nitrogen and oxygen atoms in total. The minimum atomic E-state index is 0.598. The largest absolute Gasteiger partial charge is 0.375 e. The summed E-state index contributed by atoms with van der Waals surface area (Å²) in [4.78, 5) is 11.2. The first-order chi connectivity index (χ1) is 11.1. The van der Waals surface area contributed by atoms with E-state index in [2.05, 4.69) is 75.2 Å². The fourth-order valence-corrected chi connectivity index (χ4v) is 2.78. The van der Waals surface area contributed by atoms with Gasteiger partial charge in [0, 0.05) is 41.0 Å². The average molecular weight is 371 g/mol. The highest BCUT2D eigenvalue weighted by Gasteiger charge is 2.06. The van der Waals surface area contributed by atoms with Crippen molar-refractivity contribution in [3.05, 3.63) is 52.6 Å². The Kier molecular flexibility index (Phi) is 4.48. The molecule has 0 saturated carbocycles. The fourth-order valence-electron chi connectivity index (χ4n) is 2.33. The van der Waals surface area contributed by atoms with Gasteiger partial charge in [-0.05, 0) is 59.6 Å². The van der Waals surface area contributed by atoms with Gasteiger partial charge in [-0.15, -0.1) is 0 Å². The molecule has 0 radical (unpaired) electrons. The maximum absolute atomic E-state index is 4.63. The van der Waals surface area contributed by atoms with Crippen LogP contribution in [0.4, 0.5) is 17.3 Å². The van der Waals surface area contributed by atoms with E-state index in [0.717, 1.165) is 33.2 Å². The van der Waals surface area contributed by atoms with E-state index in [9.17, 15) is 0 Å². The van der Waals surface area contributed by atoms with Crippen molar-refractivity contribution in [2.75, 3.05) is 23.8 Å². The molecule has 0 amide bonds. The number of rotatable bonds is 4. The molecule has 5 heteroatoms. The lowest BCUT2D eigenvalue weighted by Crippen LogP contribution is -2.15. The molecule has 0 atom stereocenters. The Morgan fingerprint density at radius 1 is 1.13 bits per heavy atom. The molecule has 3 aromatic rings. The van der Waals surface area contributed by atoms with Gasteiger partial charge in [0.1, 0.15) is 0 Å². The summed E-state index contributed by atoms with van der Waals surface area (Å²) >= 11 is 3.61. The quantitative estimate of drug-likeness (QED) is 0.708. The molecule has 0 fully saturated rings. The van der Waals surface area contributed by atoms with Gasteiger partial charge in [-0.2, -0.15) is 0 Å². The molecule has 3 rings (SSSR count). The Morgan fingerprint density at radius 2 is 1.87 bits per heavy atom. The molecule has 2 aromatic carbocycles. The third-order valence-electron chi connectivity index (χ3n) is 3.92. The minimum Gasteiger partial charge on any atom is -0.375 e. The van der Waals surface area contributed by atoms with Crippen LogP contribution in [0.15, 0.2) is 47.1 Å². The Morgan fingerprint density at radius 3 is 2.57 bits per heavy atom. The third-order valence-corrected chi connectivity index (χ3v) is 4.92. The summed E-state index contributed by atoms with van der Waals surface area (Å²) in [5, 5.41) is 4.29. The second kappa shape index (κ2) is 6.54. The zero-order valence-electron chi connectivity index (χ0n) is 13.5. The SMILES string of the molecule is CCN(C)c1ccc(Nc2ncc3ccc(C)c(Br)c3n2)cc1. The number of hydrogen-bond donors (Lipinski definition) is 1. The molecule has 0 aliphatic carbocycles. The average Bonchev–Trinajstić information content (AvgIpc) is 2.58. The molecule has 1 N–H and O–H groups in total. The number of fused-ring (bicyclic) bond motifs is 1. The highest BCUT2D eigenvalue weighted by Crippen LogP contribution is 2.27. The number of nitrogens with zero attached hydrogens (tertiary/aromatic N) is 3. The van der Waals surface area contributed by atoms with Crippen LogP contribution in [-0.2, 0) is 0 Å². The second-order valence-corrected chi connectivity index (χ2v) is 6.31. The van der Waals surface area contributed by atoms with Gasteiger partial charge in [-0.25, -0.2) is 9.97 Å². The standard InChI is InChI=1S/C18H19BrN4/c1-4-23(3)15-9-7-14(8-10-15)21-18-20-11-13-6-5-12(2)16(19)17(13)22-18/h5-11H,4H2,1-3H3,(H,20,21,22). The van der Waals surface area contributed by atoms with E-state index >= 15 is 0 Å². The van der Waals surface area contributed by atoms with Crippen LogP contribution >= 0.6 is 15.9 Å². The first-order valence-corrected chi connectivity index (χ1v) is 8.38. The van der Waals surface area contributed by atoms with Crippen LogP contribution in [0.1, 0.15) is 12.5 Å². The zero-order valence-corrected chi connectivity index (χ0v) is 15.1. The van der Waals surface area contributed by atoms with Crippen molar-refractivity contribution in [1.82, 2.24) is 9.97 Å². The molecule has 0 aliphatic heterocycles. The van der Waals surface area contributed by atoms with Gasteiger partial charge in [-0.1, -0.05) is 12.1 Å². The van der Waals surface area contributed by atoms with Crippen LogP contribution in [0.5, 0.6) is 0 Å². The molecule has 0 saturated heterocycles. The van der Waals surface area contributed by atoms with E-state index in [1.54, 1.807) is 0 Å². The molecule has 1 heterocycles. The van der Waals surface area contributed by atoms with E-state index in [0.29, 0.717) is 5.95 Å². The van der Waals surface area contributed by atoms with Gasteiger partial charge in [0.25, 0.3) is 0 Å². The maximum atomic E-state index is 4.63. The summed E-state index contributed by atoms with van der Waals surface area (Å²) in [6, 6.07) is 12.4. The number of halogens is 1. The summed E-state index contributed by atoms with van der Waals surface area (Å²) in [6.45, 7) is 5.17. The Labute approximate surface area is 144 Å². The molecular formula is C18H19BrN4. The van der Waals surface area contributed by atoms with Gasteiger partial charge in [0.2, 0.25) is 5.95 Å². The van der Waals surface area contributed by atoms with Crippen molar-refractivity contribution in [3.63, 3.8) is 0 Å². The number of anilines is 3. The van der Waals surface area contributed by atoms with Gasteiger partial charge in [0.05, 0.1) is 5.52 Å². The van der Waals surface area contributed by atoms with Crippen molar-refractivity contribution < 1.29 is 0 Å². The number of aryl methyl sites for hydroxylation is 1. The Hall–Kier alpha value is -2.14. The van der Waals surface area contributed by atoms with E-state index in [4.69, 9.17) is 0 Å². The van der Waals surface area contributed by atoms with Crippen molar-refractivity contribution in [2.24, 2.45) is 0 Å². The zero-order chi connectivity index (χ0) is 16.4. The van der Waals surface area contributed by atoms with Gasteiger partial charge >= 0.3 is 0 Å². The molecule has 0 unspecified atom stereocenters. The number of aromatic nitrogens is 2. The fraction of sp³-hybridized carbons (Fsp3) is 0.222. The van der Waals surface area contributed by atoms with Gasteiger partial charge in [0.15, 0.2) is 0 Å². The lowest BCUT2D eigenvalue weighted by atomic mass is 10.2. The Balaban J connectivity index is 1.88. The highest BCUT2D eigenvalue weighted by molar-refractivity contribution is 9.10. The van der Waals surface area contributed by atoms with Crippen LogP contribution in [0.25, 0.3) is 10.9 Å². The first-order valence-electron chi connectivity index (χ1n) is 7.58. The maximum Gasteiger partial charge on any atom is 0.227 e. The number of nitrogens with one attached hydrogen (secondary N) is 1. The van der Waals surface area contributed by atoms with Crippen LogP contribution in [-0.4, -0.2) is 23.6 Å². The summed E-state index contributed by atoms with van der Waals surface area (Å²) < 4.78 is 1.01. The predicted molar refractivity (Wildman–Crippen MR) is 101 cm³/mol. The van der Waals surface area contributed by atoms with Gasteiger partial charge in [-0.3, -0.25) is 0 Å². The summed E-state index contributed by atoms with van der Waals surface area (Å²) in [5.74, 6) is 0.598. The Bertz CT molecular complexity index is 830. The molecule has 1 aromatic heterocycles. The summed E-state index contributed by atoms with van der Waals surface area (Å²) in [5.41, 5.74) is 4.25. The normalized spacial score (nSPS) is 10.8. The van der Waals surface area contributed by atoms with E-state index in [1.165, 1.54) is 5.69 Å². The van der Waals surface area contributed by atoms with E-state index in [-0.39, 0.29) is 0 Å². The number of hydrogen-bond acceptors (Lipinski definition) is 4. The molecule has 23 heavy (non-hydrogen) atoms. The molecule has 0 spiro atoms. The van der Waals surface area contributed by atoms with Crippen molar-refractivity contribution in [2.45, 2.75) is 13.8 Å². The number of benzene rings is 2. The topological polar surface area (TPSA) is 41.0 Å². The van der Waals surface area contributed by atoms with Crippen molar-refractivity contribution in [3.8, 4) is 0 Å².